The summed E-state index contributed by atoms with van der Waals surface area (Å²) < 4.78 is 0. The molecule has 0 unspecified atom stereocenters. The molecule has 0 spiro atoms. The predicted molar refractivity (Wildman–Crippen MR) is 78.0 cm³/mol. The lowest BCUT2D eigenvalue weighted by atomic mass is 10.1. The summed E-state index contributed by atoms with van der Waals surface area (Å²) in [6.45, 7) is 4.82. The number of anilines is 1. The van der Waals surface area contributed by atoms with Crippen LogP contribution in [0.5, 0.6) is 0 Å². The van der Waals surface area contributed by atoms with E-state index in [9.17, 15) is 0 Å². The van der Waals surface area contributed by atoms with Gasteiger partial charge in [0.2, 0.25) is 0 Å². The van der Waals surface area contributed by atoms with Crippen LogP contribution in [-0.2, 0) is 12.8 Å². The number of nitrogens with zero attached hydrogens (tertiary/aromatic N) is 1. The second-order valence-electron chi connectivity index (χ2n) is 4.41. The van der Waals surface area contributed by atoms with Gasteiger partial charge in [-0.2, -0.15) is 0 Å². The molecule has 4 nitrogen and oxygen atoms in total. The lowest BCUT2D eigenvalue weighted by Crippen LogP contribution is -2.23. The van der Waals surface area contributed by atoms with Gasteiger partial charge in [-0.05, 0) is 43.9 Å². The van der Waals surface area contributed by atoms with Crippen LogP contribution in [0.15, 0.2) is 12.1 Å². The summed E-state index contributed by atoms with van der Waals surface area (Å²) >= 11 is 0. The molecule has 18 heavy (non-hydrogen) atoms. The third-order valence-electron chi connectivity index (χ3n) is 3.01. The van der Waals surface area contributed by atoms with E-state index in [0.29, 0.717) is 6.54 Å². The van der Waals surface area contributed by atoms with E-state index in [1.165, 1.54) is 24.1 Å². The van der Waals surface area contributed by atoms with Gasteiger partial charge < -0.3 is 16.4 Å². The molecule has 4 heteroatoms. The first-order valence-corrected chi connectivity index (χ1v) is 6.89. The van der Waals surface area contributed by atoms with Gasteiger partial charge in [-0.15, -0.1) is 0 Å². The Hall–Kier alpha value is -1.13. The number of aryl methyl sites for hydroxylation is 2. The first-order valence-electron chi connectivity index (χ1n) is 6.89. The fraction of sp³-hybridized carbons (Fsp3) is 0.643. The Morgan fingerprint density at radius 3 is 2.72 bits per heavy atom. The standard InChI is InChI=1S/C14H26N4/c1-3-12-7-8-13(18-14(12)16-2)6-4-5-10-17-11-9-15/h7-8,17H,3-6,9-11,15H2,1-2H3,(H,16,18). The van der Waals surface area contributed by atoms with E-state index in [2.05, 4.69) is 34.7 Å². The maximum absolute atomic E-state index is 5.41. The van der Waals surface area contributed by atoms with E-state index in [0.717, 1.165) is 31.7 Å². The molecular weight excluding hydrogens is 224 g/mol. The fourth-order valence-corrected chi connectivity index (χ4v) is 1.95. The molecule has 0 saturated carbocycles. The van der Waals surface area contributed by atoms with E-state index in [-0.39, 0.29) is 0 Å². The van der Waals surface area contributed by atoms with Gasteiger partial charge in [-0.1, -0.05) is 13.0 Å². The summed E-state index contributed by atoms with van der Waals surface area (Å²) in [6, 6.07) is 4.33. The Morgan fingerprint density at radius 2 is 2.06 bits per heavy atom. The largest absolute Gasteiger partial charge is 0.373 e. The zero-order chi connectivity index (χ0) is 13.2. The SMILES string of the molecule is CCc1ccc(CCCCNCCN)nc1NC. The highest BCUT2D eigenvalue weighted by Crippen LogP contribution is 2.14. The second-order valence-corrected chi connectivity index (χ2v) is 4.41. The average molecular weight is 250 g/mol. The van der Waals surface area contributed by atoms with E-state index >= 15 is 0 Å². The van der Waals surface area contributed by atoms with Crippen LogP contribution in [0.1, 0.15) is 31.0 Å². The molecule has 1 heterocycles. The smallest absolute Gasteiger partial charge is 0.129 e. The molecule has 0 aliphatic rings. The summed E-state index contributed by atoms with van der Waals surface area (Å²) in [6.07, 6.45) is 4.40. The zero-order valence-corrected chi connectivity index (χ0v) is 11.6. The van der Waals surface area contributed by atoms with Crippen molar-refractivity contribution in [2.75, 3.05) is 32.0 Å². The highest BCUT2D eigenvalue weighted by Gasteiger charge is 2.02. The zero-order valence-electron chi connectivity index (χ0n) is 11.6. The third-order valence-corrected chi connectivity index (χ3v) is 3.01. The number of aromatic nitrogens is 1. The van der Waals surface area contributed by atoms with Gasteiger partial charge in [0.05, 0.1) is 0 Å². The van der Waals surface area contributed by atoms with Gasteiger partial charge in [0, 0.05) is 25.8 Å². The minimum atomic E-state index is 0.714. The van der Waals surface area contributed by atoms with E-state index < -0.39 is 0 Å². The topological polar surface area (TPSA) is 63.0 Å². The molecule has 1 aromatic heterocycles. The van der Waals surface area contributed by atoms with Crippen molar-refractivity contribution < 1.29 is 0 Å². The summed E-state index contributed by atoms with van der Waals surface area (Å²) in [5.41, 5.74) is 7.87. The Kier molecular flexibility index (Phi) is 7.37. The highest BCUT2D eigenvalue weighted by molar-refractivity contribution is 5.44. The van der Waals surface area contributed by atoms with Crippen molar-refractivity contribution in [3.05, 3.63) is 23.4 Å². The number of hydrogen-bond acceptors (Lipinski definition) is 4. The molecule has 0 saturated heterocycles. The molecule has 102 valence electrons. The van der Waals surface area contributed by atoms with Gasteiger partial charge in [0.25, 0.3) is 0 Å². The molecular formula is C14H26N4. The minimum Gasteiger partial charge on any atom is -0.373 e. The number of hydrogen-bond donors (Lipinski definition) is 3. The molecule has 0 fully saturated rings. The number of unbranched alkanes of at least 4 members (excludes halogenated alkanes) is 1. The molecule has 0 atom stereocenters. The Morgan fingerprint density at radius 1 is 1.22 bits per heavy atom. The predicted octanol–water partition coefficient (Wildman–Crippen LogP) is 1.56. The summed E-state index contributed by atoms with van der Waals surface area (Å²) in [7, 11) is 1.93. The maximum Gasteiger partial charge on any atom is 0.129 e. The van der Waals surface area contributed by atoms with Crippen molar-refractivity contribution in [2.24, 2.45) is 5.73 Å². The van der Waals surface area contributed by atoms with Crippen molar-refractivity contribution >= 4 is 5.82 Å². The Bertz CT molecular complexity index is 339. The van der Waals surface area contributed by atoms with Gasteiger partial charge in [-0.3, -0.25) is 0 Å². The number of pyridine rings is 1. The van der Waals surface area contributed by atoms with Crippen LogP contribution < -0.4 is 16.4 Å². The summed E-state index contributed by atoms with van der Waals surface area (Å²) in [5, 5.41) is 6.47. The van der Waals surface area contributed by atoms with Crippen LogP contribution in [-0.4, -0.2) is 31.7 Å². The van der Waals surface area contributed by atoms with Crippen LogP contribution in [0.3, 0.4) is 0 Å². The van der Waals surface area contributed by atoms with Crippen molar-refractivity contribution in [1.82, 2.24) is 10.3 Å². The lowest BCUT2D eigenvalue weighted by molar-refractivity contribution is 0.624. The molecule has 0 aliphatic heterocycles. The van der Waals surface area contributed by atoms with Crippen molar-refractivity contribution in [1.29, 1.82) is 0 Å². The Labute approximate surface area is 110 Å². The molecule has 0 bridgehead atoms. The van der Waals surface area contributed by atoms with Crippen LogP contribution in [0.25, 0.3) is 0 Å². The number of rotatable bonds is 9. The van der Waals surface area contributed by atoms with E-state index in [4.69, 9.17) is 5.73 Å². The van der Waals surface area contributed by atoms with Gasteiger partial charge >= 0.3 is 0 Å². The molecule has 0 aliphatic carbocycles. The average Bonchev–Trinajstić information content (AvgIpc) is 2.42. The van der Waals surface area contributed by atoms with Crippen LogP contribution >= 0.6 is 0 Å². The van der Waals surface area contributed by atoms with Crippen molar-refractivity contribution in [2.45, 2.75) is 32.6 Å². The summed E-state index contributed by atoms with van der Waals surface area (Å²) in [4.78, 5) is 4.64. The quantitative estimate of drug-likeness (QED) is 0.582. The van der Waals surface area contributed by atoms with Gasteiger partial charge in [-0.25, -0.2) is 4.98 Å². The first kappa shape index (κ1) is 14.9. The van der Waals surface area contributed by atoms with Crippen molar-refractivity contribution in [3.63, 3.8) is 0 Å². The third kappa shape index (κ3) is 5.02. The van der Waals surface area contributed by atoms with Crippen LogP contribution in [0.4, 0.5) is 5.82 Å². The fourth-order valence-electron chi connectivity index (χ4n) is 1.95. The van der Waals surface area contributed by atoms with Crippen molar-refractivity contribution in [3.8, 4) is 0 Å². The second kappa shape index (κ2) is 8.89. The highest BCUT2D eigenvalue weighted by atomic mass is 15.0. The monoisotopic (exact) mass is 250 g/mol. The molecule has 4 N–H and O–H groups in total. The first-order chi connectivity index (χ1) is 8.81. The molecule has 0 radical (unpaired) electrons. The minimum absolute atomic E-state index is 0.714. The van der Waals surface area contributed by atoms with Crippen LogP contribution in [0, 0.1) is 0 Å². The van der Waals surface area contributed by atoms with E-state index in [1.807, 2.05) is 7.05 Å². The summed E-state index contributed by atoms with van der Waals surface area (Å²) in [5.74, 6) is 1.02. The maximum atomic E-state index is 5.41. The molecule has 0 aromatic carbocycles. The van der Waals surface area contributed by atoms with E-state index in [1.54, 1.807) is 0 Å². The van der Waals surface area contributed by atoms with Gasteiger partial charge in [0.15, 0.2) is 0 Å². The van der Waals surface area contributed by atoms with Gasteiger partial charge in [0.1, 0.15) is 5.82 Å². The van der Waals surface area contributed by atoms with Crippen LogP contribution in [0.2, 0.25) is 0 Å². The molecule has 1 rings (SSSR count). The molecule has 0 amide bonds. The number of nitrogens with two attached hydrogens (primary N) is 1. The Balaban J connectivity index is 2.34. The lowest BCUT2D eigenvalue weighted by Gasteiger charge is -2.09. The normalized spacial score (nSPS) is 10.6. The number of nitrogens with one attached hydrogen (secondary N) is 2. The molecule has 1 aromatic rings.